The first-order valence-corrected chi connectivity index (χ1v) is 12.6. The van der Waals surface area contributed by atoms with E-state index in [1.54, 1.807) is 12.4 Å². The number of nitrogens with zero attached hydrogens (tertiary/aromatic N) is 6. The molecule has 2 aromatic heterocycles. The molecule has 9 heteroatoms. The molecule has 0 unspecified atom stereocenters. The molecule has 0 atom stereocenters. The van der Waals surface area contributed by atoms with Crippen molar-refractivity contribution in [1.82, 2.24) is 24.8 Å². The number of rotatable bonds is 8. The fourth-order valence-electron chi connectivity index (χ4n) is 4.72. The van der Waals surface area contributed by atoms with Crippen LogP contribution in [-0.2, 0) is 11.2 Å². The maximum atomic E-state index is 6.54. The molecular formula is C26H35N7O2. The number of anilines is 2. The molecular weight excluding hydrogens is 442 g/mol. The van der Waals surface area contributed by atoms with E-state index in [4.69, 9.17) is 9.47 Å². The van der Waals surface area contributed by atoms with Gasteiger partial charge in [-0.05, 0) is 57.8 Å². The Morgan fingerprint density at radius 2 is 1.74 bits per heavy atom. The second kappa shape index (κ2) is 11.1. The van der Waals surface area contributed by atoms with E-state index in [0.29, 0.717) is 12.0 Å². The van der Waals surface area contributed by atoms with Crippen LogP contribution < -0.4 is 15.0 Å². The zero-order chi connectivity index (χ0) is 24.0. The summed E-state index contributed by atoms with van der Waals surface area (Å²) >= 11 is 0. The molecule has 2 aliphatic rings. The number of aromatic nitrogens is 4. The Labute approximate surface area is 206 Å². The molecule has 186 valence electrons. The minimum Gasteiger partial charge on any atom is -0.488 e. The molecule has 2 fully saturated rings. The van der Waals surface area contributed by atoms with Crippen molar-refractivity contribution in [1.29, 1.82) is 0 Å². The maximum Gasteiger partial charge on any atom is 0.222 e. The highest BCUT2D eigenvalue weighted by atomic mass is 16.5. The van der Waals surface area contributed by atoms with E-state index >= 15 is 0 Å². The van der Waals surface area contributed by atoms with Crippen molar-refractivity contribution in [3.8, 4) is 5.75 Å². The van der Waals surface area contributed by atoms with E-state index < -0.39 is 0 Å². The van der Waals surface area contributed by atoms with Gasteiger partial charge in [0.15, 0.2) is 0 Å². The van der Waals surface area contributed by atoms with Gasteiger partial charge < -0.3 is 24.6 Å². The number of benzene rings is 1. The standard InChI is InChI=1S/C26H35N7O2/c1-32(2)10-7-19-17-29-26(30-18-19)31-20-3-5-22(6-4-20)35-24-16-21(33-11-13-34-14-12-33)15-23-25(24)28-9-8-27-23/h8-9,15-18,20,22H,3-7,10-14H2,1-2H3,(H,29,30,31). The van der Waals surface area contributed by atoms with Crippen LogP contribution in [0.1, 0.15) is 31.2 Å². The lowest BCUT2D eigenvalue weighted by molar-refractivity contribution is 0.122. The van der Waals surface area contributed by atoms with Gasteiger partial charge in [0, 0.05) is 62.2 Å². The van der Waals surface area contributed by atoms with Crippen molar-refractivity contribution in [3.05, 3.63) is 42.5 Å². The Morgan fingerprint density at radius 3 is 2.49 bits per heavy atom. The Kier molecular flexibility index (Phi) is 7.54. The SMILES string of the molecule is CN(C)CCc1cnc(NC2CCC(Oc3cc(N4CCOCC4)cc4nccnc34)CC2)nc1. The van der Waals surface area contributed by atoms with Crippen LogP contribution in [0, 0.1) is 0 Å². The van der Waals surface area contributed by atoms with Crippen LogP contribution >= 0.6 is 0 Å². The fourth-order valence-corrected chi connectivity index (χ4v) is 4.72. The maximum absolute atomic E-state index is 6.54. The van der Waals surface area contributed by atoms with Gasteiger partial charge in [-0.25, -0.2) is 15.0 Å². The van der Waals surface area contributed by atoms with Crippen LogP contribution in [-0.4, -0.2) is 83.9 Å². The third-order valence-electron chi connectivity index (χ3n) is 6.75. The van der Waals surface area contributed by atoms with E-state index in [-0.39, 0.29) is 6.10 Å². The van der Waals surface area contributed by atoms with Gasteiger partial charge >= 0.3 is 0 Å². The van der Waals surface area contributed by atoms with Gasteiger partial charge in [-0.2, -0.15) is 0 Å². The first-order valence-electron chi connectivity index (χ1n) is 12.6. The number of fused-ring (bicyclic) bond motifs is 1. The lowest BCUT2D eigenvalue weighted by atomic mass is 9.93. The quantitative estimate of drug-likeness (QED) is 0.525. The zero-order valence-electron chi connectivity index (χ0n) is 20.7. The number of hydrogen-bond acceptors (Lipinski definition) is 9. The molecule has 1 aliphatic carbocycles. The summed E-state index contributed by atoms with van der Waals surface area (Å²) in [5.74, 6) is 1.53. The third-order valence-corrected chi connectivity index (χ3v) is 6.75. The van der Waals surface area contributed by atoms with Crippen LogP contribution in [0.2, 0.25) is 0 Å². The summed E-state index contributed by atoms with van der Waals surface area (Å²) in [6.45, 7) is 4.24. The molecule has 0 radical (unpaired) electrons. The van der Waals surface area contributed by atoms with Crippen molar-refractivity contribution >= 4 is 22.7 Å². The molecule has 1 N–H and O–H groups in total. The second-order valence-corrected chi connectivity index (χ2v) is 9.67. The average Bonchev–Trinajstić information content (AvgIpc) is 2.90. The number of nitrogens with one attached hydrogen (secondary N) is 1. The van der Waals surface area contributed by atoms with Crippen LogP contribution in [0.5, 0.6) is 5.75 Å². The zero-order valence-corrected chi connectivity index (χ0v) is 20.7. The van der Waals surface area contributed by atoms with E-state index in [9.17, 15) is 0 Å². The van der Waals surface area contributed by atoms with Gasteiger partial charge in [0.05, 0.1) is 24.8 Å². The van der Waals surface area contributed by atoms with Crippen molar-refractivity contribution < 1.29 is 9.47 Å². The molecule has 3 aromatic rings. The van der Waals surface area contributed by atoms with E-state index in [0.717, 1.165) is 93.0 Å². The molecule has 1 aromatic carbocycles. The number of morpholine rings is 1. The molecule has 0 spiro atoms. The Morgan fingerprint density at radius 1 is 1.00 bits per heavy atom. The molecule has 1 aliphatic heterocycles. The highest BCUT2D eigenvalue weighted by molar-refractivity contribution is 5.85. The molecule has 1 saturated heterocycles. The number of ether oxygens (including phenoxy) is 2. The molecule has 35 heavy (non-hydrogen) atoms. The molecule has 0 amide bonds. The Bertz CT molecular complexity index is 1090. The molecule has 3 heterocycles. The summed E-state index contributed by atoms with van der Waals surface area (Å²) in [6.07, 6.45) is 12.4. The van der Waals surface area contributed by atoms with Gasteiger partial charge in [-0.15, -0.1) is 0 Å². The summed E-state index contributed by atoms with van der Waals surface area (Å²) in [5, 5.41) is 3.51. The topological polar surface area (TPSA) is 88.5 Å². The van der Waals surface area contributed by atoms with Crippen molar-refractivity contribution in [2.24, 2.45) is 0 Å². The summed E-state index contributed by atoms with van der Waals surface area (Å²) in [7, 11) is 4.15. The van der Waals surface area contributed by atoms with E-state index in [2.05, 4.69) is 61.3 Å². The monoisotopic (exact) mass is 477 g/mol. The summed E-state index contributed by atoms with van der Waals surface area (Å²) in [4.78, 5) is 22.7. The minimum absolute atomic E-state index is 0.160. The van der Waals surface area contributed by atoms with Gasteiger partial charge in [0.2, 0.25) is 5.95 Å². The molecule has 1 saturated carbocycles. The molecule has 9 nitrogen and oxygen atoms in total. The van der Waals surface area contributed by atoms with Crippen molar-refractivity contribution in [2.75, 3.05) is 57.2 Å². The highest BCUT2D eigenvalue weighted by Crippen LogP contribution is 2.33. The predicted octanol–water partition coefficient (Wildman–Crippen LogP) is 3.16. The van der Waals surface area contributed by atoms with Gasteiger partial charge in [0.25, 0.3) is 0 Å². The van der Waals surface area contributed by atoms with Crippen LogP contribution in [0.3, 0.4) is 0 Å². The average molecular weight is 478 g/mol. The Balaban J connectivity index is 1.19. The van der Waals surface area contributed by atoms with Crippen molar-refractivity contribution in [2.45, 2.75) is 44.2 Å². The first kappa shape index (κ1) is 23.7. The Hall–Kier alpha value is -3.04. The molecule has 0 bridgehead atoms. The summed E-state index contributed by atoms with van der Waals surface area (Å²) in [6, 6.07) is 4.59. The smallest absolute Gasteiger partial charge is 0.222 e. The lowest BCUT2D eigenvalue weighted by Crippen LogP contribution is -2.36. The molecule has 5 rings (SSSR count). The van der Waals surface area contributed by atoms with Crippen LogP contribution in [0.4, 0.5) is 11.6 Å². The van der Waals surface area contributed by atoms with E-state index in [1.807, 2.05) is 12.4 Å². The largest absolute Gasteiger partial charge is 0.488 e. The second-order valence-electron chi connectivity index (χ2n) is 9.67. The third kappa shape index (κ3) is 6.15. The van der Waals surface area contributed by atoms with Crippen LogP contribution in [0.15, 0.2) is 36.9 Å². The normalized spacial score (nSPS) is 20.8. The highest BCUT2D eigenvalue weighted by Gasteiger charge is 2.24. The summed E-state index contributed by atoms with van der Waals surface area (Å²) in [5.41, 5.74) is 3.98. The minimum atomic E-state index is 0.160. The van der Waals surface area contributed by atoms with Gasteiger partial charge in [0.1, 0.15) is 11.3 Å². The summed E-state index contributed by atoms with van der Waals surface area (Å²) < 4.78 is 12.1. The number of likely N-dealkylation sites (N-methyl/N-ethyl adjacent to an activating group) is 1. The number of hydrogen-bond donors (Lipinski definition) is 1. The fraction of sp³-hybridized carbons (Fsp3) is 0.538. The predicted molar refractivity (Wildman–Crippen MR) is 137 cm³/mol. The van der Waals surface area contributed by atoms with Crippen molar-refractivity contribution in [3.63, 3.8) is 0 Å². The van der Waals surface area contributed by atoms with Gasteiger partial charge in [-0.1, -0.05) is 0 Å². The van der Waals surface area contributed by atoms with Gasteiger partial charge in [-0.3, -0.25) is 4.98 Å². The van der Waals surface area contributed by atoms with E-state index in [1.165, 1.54) is 0 Å². The lowest BCUT2D eigenvalue weighted by Gasteiger charge is -2.31. The first-order chi connectivity index (χ1) is 17.1. The van der Waals surface area contributed by atoms with Crippen LogP contribution in [0.25, 0.3) is 11.0 Å².